The molecule has 1 aromatic heterocycles. The summed E-state index contributed by atoms with van der Waals surface area (Å²) in [4.78, 5) is 12.1. The molecule has 2 rings (SSSR count). The summed E-state index contributed by atoms with van der Waals surface area (Å²) in [5.74, 6) is 0.944. The maximum atomic E-state index is 12.1. The van der Waals surface area contributed by atoms with Crippen molar-refractivity contribution < 1.29 is 9.32 Å². The quantitative estimate of drug-likeness (QED) is 0.896. The normalized spacial score (nSPS) is 10.7. The third-order valence-corrected chi connectivity index (χ3v) is 2.86. The summed E-state index contributed by atoms with van der Waals surface area (Å²) < 4.78 is 5.19. The third-order valence-electron chi connectivity index (χ3n) is 2.86. The van der Waals surface area contributed by atoms with Crippen molar-refractivity contribution in [2.75, 3.05) is 6.54 Å². The Bertz CT molecular complexity index is 532. The molecule has 1 amide bonds. The second-order valence-corrected chi connectivity index (χ2v) is 4.87. The van der Waals surface area contributed by atoms with Crippen LogP contribution in [0.3, 0.4) is 0 Å². The van der Waals surface area contributed by atoms with Crippen LogP contribution in [-0.2, 0) is 0 Å². The number of hydrogen-bond donors (Lipinski definition) is 1. The van der Waals surface area contributed by atoms with Crippen LogP contribution >= 0.6 is 0 Å². The number of benzene rings is 1. The smallest absolute Gasteiger partial charge is 0.256 e. The van der Waals surface area contributed by atoms with E-state index >= 15 is 0 Å². The first-order valence-electron chi connectivity index (χ1n) is 6.46. The average molecular weight is 258 g/mol. The van der Waals surface area contributed by atoms with Crippen molar-refractivity contribution in [1.82, 2.24) is 10.5 Å². The Kier molecular flexibility index (Phi) is 4.34. The van der Waals surface area contributed by atoms with Crippen LogP contribution in [0.4, 0.5) is 0 Å². The van der Waals surface area contributed by atoms with Crippen molar-refractivity contribution in [3.05, 3.63) is 42.1 Å². The van der Waals surface area contributed by atoms with Gasteiger partial charge >= 0.3 is 0 Å². The van der Waals surface area contributed by atoms with Crippen molar-refractivity contribution in [2.24, 2.45) is 5.92 Å². The standard InChI is InChI=1S/C15H18N2O2/c1-11(2)8-9-16-15(18)13-10-17-19-14(13)12-6-4-3-5-7-12/h3-7,10-11H,8-9H2,1-2H3,(H,16,18). The maximum Gasteiger partial charge on any atom is 0.256 e. The summed E-state index contributed by atoms with van der Waals surface area (Å²) in [6.45, 7) is 4.91. The summed E-state index contributed by atoms with van der Waals surface area (Å²) in [7, 11) is 0. The molecule has 4 nitrogen and oxygen atoms in total. The van der Waals surface area contributed by atoms with E-state index < -0.39 is 0 Å². The van der Waals surface area contributed by atoms with Crippen molar-refractivity contribution >= 4 is 5.91 Å². The van der Waals surface area contributed by atoms with E-state index in [1.807, 2.05) is 30.3 Å². The summed E-state index contributed by atoms with van der Waals surface area (Å²) in [6.07, 6.45) is 2.42. The molecule has 0 saturated heterocycles. The van der Waals surface area contributed by atoms with E-state index in [1.165, 1.54) is 6.20 Å². The van der Waals surface area contributed by atoms with Crippen molar-refractivity contribution in [2.45, 2.75) is 20.3 Å². The maximum absolute atomic E-state index is 12.1. The zero-order chi connectivity index (χ0) is 13.7. The van der Waals surface area contributed by atoms with Gasteiger partial charge in [-0.2, -0.15) is 0 Å². The Balaban J connectivity index is 2.09. The third kappa shape index (κ3) is 3.44. The van der Waals surface area contributed by atoms with E-state index in [0.29, 0.717) is 23.8 Å². The van der Waals surface area contributed by atoms with Crippen LogP contribution in [0.15, 0.2) is 41.1 Å². The topological polar surface area (TPSA) is 55.1 Å². The molecule has 1 aromatic carbocycles. The van der Waals surface area contributed by atoms with Crippen LogP contribution in [-0.4, -0.2) is 17.6 Å². The number of rotatable bonds is 5. The molecule has 100 valence electrons. The molecule has 1 heterocycles. The Morgan fingerprint density at radius 1 is 1.32 bits per heavy atom. The summed E-state index contributed by atoms with van der Waals surface area (Å²) in [5.41, 5.74) is 1.34. The van der Waals surface area contributed by atoms with Crippen LogP contribution in [0, 0.1) is 5.92 Å². The van der Waals surface area contributed by atoms with Gasteiger partial charge in [0.2, 0.25) is 0 Å². The lowest BCUT2D eigenvalue weighted by molar-refractivity contribution is 0.0952. The average Bonchev–Trinajstić information content (AvgIpc) is 2.88. The molecule has 0 fully saturated rings. The number of nitrogens with zero attached hydrogens (tertiary/aromatic N) is 1. The molecule has 4 heteroatoms. The van der Waals surface area contributed by atoms with Gasteiger partial charge in [0, 0.05) is 12.1 Å². The highest BCUT2D eigenvalue weighted by molar-refractivity contribution is 5.99. The van der Waals surface area contributed by atoms with Crippen molar-refractivity contribution in [1.29, 1.82) is 0 Å². The number of hydrogen-bond acceptors (Lipinski definition) is 3. The van der Waals surface area contributed by atoms with E-state index in [-0.39, 0.29) is 5.91 Å². The fourth-order valence-electron chi connectivity index (χ4n) is 1.77. The first kappa shape index (κ1) is 13.3. The van der Waals surface area contributed by atoms with Crippen molar-refractivity contribution in [3.63, 3.8) is 0 Å². The van der Waals surface area contributed by atoms with Gasteiger partial charge < -0.3 is 9.84 Å². The van der Waals surface area contributed by atoms with E-state index in [1.54, 1.807) is 0 Å². The van der Waals surface area contributed by atoms with E-state index in [0.717, 1.165) is 12.0 Å². The molecule has 0 radical (unpaired) electrons. The molecule has 0 aliphatic carbocycles. The van der Waals surface area contributed by atoms with Gasteiger partial charge in [-0.05, 0) is 12.3 Å². The zero-order valence-electron chi connectivity index (χ0n) is 11.2. The number of amides is 1. The molecular weight excluding hydrogens is 240 g/mol. The first-order chi connectivity index (χ1) is 9.18. The van der Waals surface area contributed by atoms with Gasteiger partial charge in [0.1, 0.15) is 5.56 Å². The summed E-state index contributed by atoms with van der Waals surface area (Å²) in [5, 5.41) is 6.61. The molecule has 0 aliphatic heterocycles. The van der Waals surface area contributed by atoms with Crippen LogP contribution < -0.4 is 5.32 Å². The van der Waals surface area contributed by atoms with Gasteiger partial charge in [0.05, 0.1) is 6.20 Å². The molecule has 0 saturated carbocycles. The van der Waals surface area contributed by atoms with Crippen molar-refractivity contribution in [3.8, 4) is 11.3 Å². The molecule has 0 aliphatic rings. The van der Waals surface area contributed by atoms with Gasteiger partial charge in [-0.1, -0.05) is 49.3 Å². The molecular formula is C15H18N2O2. The zero-order valence-corrected chi connectivity index (χ0v) is 11.2. The second-order valence-electron chi connectivity index (χ2n) is 4.87. The minimum Gasteiger partial charge on any atom is -0.355 e. The van der Waals surface area contributed by atoms with Crippen LogP contribution in [0.1, 0.15) is 30.6 Å². The first-order valence-corrected chi connectivity index (χ1v) is 6.46. The lowest BCUT2D eigenvalue weighted by atomic mass is 10.1. The molecule has 0 spiro atoms. The number of nitrogens with one attached hydrogen (secondary N) is 1. The SMILES string of the molecule is CC(C)CCNC(=O)c1cnoc1-c1ccccc1. The Morgan fingerprint density at radius 2 is 2.05 bits per heavy atom. The molecule has 2 aromatic rings. The number of carbonyl (C=O) groups excluding carboxylic acids is 1. The lowest BCUT2D eigenvalue weighted by Gasteiger charge is -2.06. The summed E-state index contributed by atoms with van der Waals surface area (Å²) in [6, 6.07) is 9.51. The van der Waals surface area contributed by atoms with Crippen LogP contribution in [0.5, 0.6) is 0 Å². The number of aromatic nitrogens is 1. The van der Waals surface area contributed by atoms with E-state index in [2.05, 4.69) is 24.3 Å². The van der Waals surface area contributed by atoms with E-state index in [4.69, 9.17) is 4.52 Å². The summed E-state index contributed by atoms with van der Waals surface area (Å²) >= 11 is 0. The highest BCUT2D eigenvalue weighted by Gasteiger charge is 2.17. The van der Waals surface area contributed by atoms with Gasteiger partial charge in [-0.25, -0.2) is 0 Å². The van der Waals surface area contributed by atoms with Gasteiger partial charge in [0.15, 0.2) is 5.76 Å². The van der Waals surface area contributed by atoms with Gasteiger partial charge in [-0.15, -0.1) is 0 Å². The molecule has 1 N–H and O–H groups in total. The highest BCUT2D eigenvalue weighted by Crippen LogP contribution is 2.22. The fraction of sp³-hybridized carbons (Fsp3) is 0.333. The second kappa shape index (κ2) is 6.18. The monoisotopic (exact) mass is 258 g/mol. The lowest BCUT2D eigenvalue weighted by Crippen LogP contribution is -2.25. The molecule has 19 heavy (non-hydrogen) atoms. The largest absolute Gasteiger partial charge is 0.355 e. The highest BCUT2D eigenvalue weighted by atomic mass is 16.5. The Morgan fingerprint density at radius 3 is 2.74 bits per heavy atom. The molecule has 0 unspecified atom stereocenters. The Labute approximate surface area is 112 Å². The minimum atomic E-state index is -0.138. The predicted octanol–water partition coefficient (Wildman–Crippen LogP) is 3.12. The fourth-order valence-corrected chi connectivity index (χ4v) is 1.77. The number of carbonyl (C=O) groups is 1. The predicted molar refractivity (Wildman–Crippen MR) is 73.7 cm³/mol. The van der Waals surface area contributed by atoms with E-state index in [9.17, 15) is 4.79 Å². The van der Waals surface area contributed by atoms with Crippen LogP contribution in [0.25, 0.3) is 11.3 Å². The Hall–Kier alpha value is -2.10. The van der Waals surface area contributed by atoms with Gasteiger partial charge in [-0.3, -0.25) is 4.79 Å². The minimum absolute atomic E-state index is 0.138. The molecule has 0 bridgehead atoms. The van der Waals surface area contributed by atoms with Crippen LogP contribution in [0.2, 0.25) is 0 Å². The molecule has 0 atom stereocenters. The van der Waals surface area contributed by atoms with Gasteiger partial charge in [0.25, 0.3) is 5.91 Å².